The van der Waals surface area contributed by atoms with Crippen molar-refractivity contribution in [1.82, 2.24) is 10.2 Å². The van der Waals surface area contributed by atoms with Crippen molar-refractivity contribution in [2.75, 3.05) is 26.2 Å². The Bertz CT molecular complexity index is 1650. The van der Waals surface area contributed by atoms with Gasteiger partial charge in [-0.2, -0.15) is 0 Å². The number of aliphatic hydroxyl groups is 1. The summed E-state index contributed by atoms with van der Waals surface area (Å²) in [5, 5.41) is 20.6. The fraction of sp³-hybridized carbons (Fsp3) is 0.200. The molecule has 1 saturated heterocycles. The first-order valence-corrected chi connectivity index (χ1v) is 14.8. The molecule has 1 aromatic heterocycles. The molecule has 42 heavy (non-hydrogen) atoms. The maximum atomic E-state index is 13.6. The van der Waals surface area contributed by atoms with Crippen LogP contribution in [0.15, 0.2) is 70.6 Å². The van der Waals surface area contributed by atoms with Crippen LogP contribution in [0.1, 0.15) is 28.3 Å². The van der Waals surface area contributed by atoms with Crippen molar-refractivity contribution < 1.29 is 28.9 Å². The third kappa shape index (κ3) is 5.67. The van der Waals surface area contributed by atoms with Gasteiger partial charge in [0.05, 0.1) is 32.9 Å². The van der Waals surface area contributed by atoms with Gasteiger partial charge in [0.15, 0.2) is 15.8 Å². The summed E-state index contributed by atoms with van der Waals surface area (Å²) in [6, 6.07) is 16.7. The van der Waals surface area contributed by atoms with Gasteiger partial charge < -0.3 is 19.3 Å². The molecule has 3 aromatic carbocycles. The maximum absolute atomic E-state index is 13.6. The number of halogens is 1. The molecule has 0 radical (unpaired) electrons. The van der Waals surface area contributed by atoms with Crippen LogP contribution in [0, 0.1) is 6.92 Å². The van der Waals surface area contributed by atoms with Crippen LogP contribution in [0.5, 0.6) is 17.2 Å². The van der Waals surface area contributed by atoms with Gasteiger partial charge in [-0.1, -0.05) is 64.5 Å². The fourth-order valence-electron chi connectivity index (χ4n) is 4.56. The van der Waals surface area contributed by atoms with E-state index >= 15 is 0 Å². The standard InChI is InChI=1S/C30H26ClN3O6S2/c1-16-5-7-17(8-6-16)15-41-30-33-32-29(42-30)34-24(19-13-21(38-2)27(40-4)22(14-19)39-3)23(26(36)28(34)37)25(35)18-9-11-20(31)12-10-18/h5-14,24,35H,15H2,1-4H3/b25-23-. The molecule has 1 fully saturated rings. The lowest BCUT2D eigenvalue weighted by atomic mass is 9.95. The smallest absolute Gasteiger partial charge is 0.301 e. The monoisotopic (exact) mass is 623 g/mol. The molecule has 0 spiro atoms. The molecule has 216 valence electrons. The molecule has 12 heteroatoms. The number of hydrogen-bond donors (Lipinski definition) is 1. The van der Waals surface area contributed by atoms with Crippen LogP contribution in [0.3, 0.4) is 0 Å². The number of carbonyl (C=O) groups excluding carboxylic acids is 2. The number of nitrogens with zero attached hydrogens (tertiary/aromatic N) is 3. The number of amides is 1. The van der Waals surface area contributed by atoms with Gasteiger partial charge in [0, 0.05) is 16.3 Å². The molecule has 2 heterocycles. The second-order valence-electron chi connectivity index (χ2n) is 9.26. The first-order valence-electron chi connectivity index (χ1n) is 12.6. The number of methoxy groups -OCH3 is 3. The lowest BCUT2D eigenvalue weighted by Gasteiger charge is -2.24. The van der Waals surface area contributed by atoms with Gasteiger partial charge in [-0.05, 0) is 54.4 Å². The number of aliphatic hydroxyl groups excluding tert-OH is 1. The van der Waals surface area contributed by atoms with E-state index in [2.05, 4.69) is 10.2 Å². The molecule has 1 amide bonds. The number of Topliss-reactive ketones (excluding diaryl/α,β-unsaturated/α-hetero) is 1. The number of rotatable bonds is 9. The van der Waals surface area contributed by atoms with Crippen molar-refractivity contribution in [3.05, 3.63) is 93.5 Å². The number of thioether (sulfide) groups is 1. The van der Waals surface area contributed by atoms with E-state index in [-0.39, 0.29) is 16.5 Å². The average molecular weight is 624 g/mol. The quantitative estimate of drug-likeness (QED) is 0.0740. The van der Waals surface area contributed by atoms with E-state index in [1.54, 1.807) is 36.4 Å². The number of carbonyl (C=O) groups is 2. The Morgan fingerprint density at radius 2 is 1.62 bits per heavy atom. The molecule has 5 rings (SSSR count). The molecular weight excluding hydrogens is 598 g/mol. The van der Waals surface area contributed by atoms with Crippen molar-refractivity contribution >= 4 is 57.3 Å². The van der Waals surface area contributed by atoms with E-state index in [9.17, 15) is 14.7 Å². The van der Waals surface area contributed by atoms with Crippen LogP contribution < -0.4 is 19.1 Å². The molecule has 0 aliphatic carbocycles. The van der Waals surface area contributed by atoms with E-state index in [0.717, 1.165) is 5.56 Å². The number of aromatic nitrogens is 2. The molecular formula is C30H26ClN3O6S2. The van der Waals surface area contributed by atoms with Crippen molar-refractivity contribution in [2.45, 2.75) is 23.1 Å². The van der Waals surface area contributed by atoms with Crippen LogP contribution in [-0.2, 0) is 15.3 Å². The Kier molecular flexibility index (Phi) is 8.72. The van der Waals surface area contributed by atoms with Gasteiger partial charge >= 0.3 is 5.91 Å². The lowest BCUT2D eigenvalue weighted by Crippen LogP contribution is -2.29. The summed E-state index contributed by atoms with van der Waals surface area (Å²) in [6.07, 6.45) is 0. The zero-order valence-electron chi connectivity index (χ0n) is 23.1. The molecule has 1 N–H and O–H groups in total. The number of hydrogen-bond acceptors (Lipinski definition) is 10. The zero-order chi connectivity index (χ0) is 30.0. The molecule has 1 atom stereocenters. The van der Waals surface area contributed by atoms with Crippen LogP contribution in [0.4, 0.5) is 5.13 Å². The number of ketones is 1. The van der Waals surface area contributed by atoms with Gasteiger partial charge in [0.2, 0.25) is 10.9 Å². The van der Waals surface area contributed by atoms with Crippen molar-refractivity contribution in [2.24, 2.45) is 0 Å². The summed E-state index contributed by atoms with van der Waals surface area (Å²) in [4.78, 5) is 28.4. The Morgan fingerprint density at radius 3 is 2.21 bits per heavy atom. The van der Waals surface area contributed by atoms with Gasteiger partial charge in [0.1, 0.15) is 5.76 Å². The summed E-state index contributed by atoms with van der Waals surface area (Å²) in [5.41, 5.74) is 2.91. The molecule has 4 aromatic rings. The minimum absolute atomic E-state index is 0.124. The topological polar surface area (TPSA) is 111 Å². The van der Waals surface area contributed by atoms with Crippen molar-refractivity contribution in [3.8, 4) is 17.2 Å². The molecule has 0 saturated carbocycles. The highest BCUT2D eigenvalue weighted by molar-refractivity contribution is 8.00. The minimum Gasteiger partial charge on any atom is -0.507 e. The molecule has 1 unspecified atom stereocenters. The summed E-state index contributed by atoms with van der Waals surface area (Å²) < 4.78 is 17.2. The molecule has 0 bridgehead atoms. The van der Waals surface area contributed by atoms with Crippen LogP contribution >= 0.6 is 34.7 Å². The number of benzene rings is 3. The normalized spacial score (nSPS) is 16.1. The summed E-state index contributed by atoms with van der Waals surface area (Å²) >= 11 is 8.70. The summed E-state index contributed by atoms with van der Waals surface area (Å²) in [5.74, 6) is -0.457. The summed E-state index contributed by atoms with van der Waals surface area (Å²) in [6.45, 7) is 2.03. The third-order valence-corrected chi connectivity index (χ3v) is 9.03. The predicted molar refractivity (Wildman–Crippen MR) is 163 cm³/mol. The Labute approximate surface area is 255 Å². The third-order valence-electron chi connectivity index (χ3n) is 6.65. The predicted octanol–water partition coefficient (Wildman–Crippen LogP) is 6.44. The Morgan fingerprint density at radius 1 is 0.976 bits per heavy atom. The number of anilines is 1. The molecule has 1 aliphatic heterocycles. The van der Waals surface area contributed by atoms with E-state index in [1.165, 1.54) is 54.9 Å². The number of aryl methyl sites for hydroxylation is 1. The van der Waals surface area contributed by atoms with Gasteiger partial charge in [-0.25, -0.2) is 0 Å². The molecule has 1 aliphatic rings. The van der Waals surface area contributed by atoms with Gasteiger partial charge in [-0.3, -0.25) is 14.5 Å². The van der Waals surface area contributed by atoms with Gasteiger partial charge in [0.25, 0.3) is 5.78 Å². The lowest BCUT2D eigenvalue weighted by molar-refractivity contribution is -0.132. The largest absolute Gasteiger partial charge is 0.507 e. The molecule has 9 nitrogen and oxygen atoms in total. The second-order valence-corrected chi connectivity index (χ2v) is 11.9. The minimum atomic E-state index is -1.07. The SMILES string of the molecule is COc1cc(C2/C(=C(/O)c3ccc(Cl)cc3)C(=O)C(=O)N2c2nnc(SCc3ccc(C)cc3)s2)cc(OC)c1OC. The first-order chi connectivity index (χ1) is 20.2. The number of ether oxygens (including phenoxy) is 3. The van der Waals surface area contributed by atoms with Crippen LogP contribution in [0.25, 0.3) is 5.76 Å². The Balaban J connectivity index is 1.61. The Hall–Kier alpha value is -4.06. The highest BCUT2D eigenvalue weighted by Crippen LogP contribution is 2.48. The van der Waals surface area contributed by atoms with E-state index in [0.29, 0.717) is 43.5 Å². The second kappa shape index (κ2) is 12.4. The highest BCUT2D eigenvalue weighted by atomic mass is 35.5. The van der Waals surface area contributed by atoms with Crippen LogP contribution in [-0.4, -0.2) is 48.3 Å². The van der Waals surface area contributed by atoms with Crippen LogP contribution in [0.2, 0.25) is 5.02 Å². The van der Waals surface area contributed by atoms with E-state index < -0.39 is 17.7 Å². The van der Waals surface area contributed by atoms with Crippen molar-refractivity contribution in [1.29, 1.82) is 0 Å². The van der Waals surface area contributed by atoms with E-state index in [4.69, 9.17) is 25.8 Å². The maximum Gasteiger partial charge on any atom is 0.301 e. The van der Waals surface area contributed by atoms with Crippen molar-refractivity contribution in [3.63, 3.8) is 0 Å². The fourth-order valence-corrected chi connectivity index (χ4v) is 6.50. The van der Waals surface area contributed by atoms with Gasteiger partial charge in [-0.15, -0.1) is 10.2 Å². The average Bonchev–Trinajstić information content (AvgIpc) is 3.57. The first kappa shape index (κ1) is 29.4. The van der Waals surface area contributed by atoms with E-state index in [1.807, 2.05) is 31.2 Å². The zero-order valence-corrected chi connectivity index (χ0v) is 25.5. The summed E-state index contributed by atoms with van der Waals surface area (Å²) in [7, 11) is 4.41. The highest BCUT2D eigenvalue weighted by Gasteiger charge is 2.49.